The summed E-state index contributed by atoms with van der Waals surface area (Å²) in [7, 11) is 0. The molecular weight excluding hydrogens is 302 g/mol. The van der Waals surface area contributed by atoms with Gasteiger partial charge in [-0.15, -0.1) is 0 Å². The van der Waals surface area contributed by atoms with Crippen molar-refractivity contribution in [1.82, 2.24) is 5.32 Å². The van der Waals surface area contributed by atoms with Crippen LogP contribution in [0, 0.1) is 13.8 Å². The van der Waals surface area contributed by atoms with Crippen molar-refractivity contribution < 1.29 is 14.3 Å². The molecule has 2 aromatic rings. The fourth-order valence-corrected chi connectivity index (χ4v) is 2.62. The third-order valence-electron chi connectivity index (χ3n) is 3.91. The molecule has 1 heterocycles. The highest BCUT2D eigenvalue weighted by Crippen LogP contribution is 2.30. The number of benzene rings is 2. The van der Waals surface area contributed by atoms with Crippen molar-refractivity contribution in [3.8, 4) is 11.5 Å². The largest absolute Gasteiger partial charge is 0.486 e. The molecule has 0 spiro atoms. The van der Waals surface area contributed by atoms with Crippen LogP contribution in [0.1, 0.15) is 16.7 Å². The second kappa shape index (κ2) is 7.21. The van der Waals surface area contributed by atoms with E-state index in [0.29, 0.717) is 18.9 Å². The Hall–Kier alpha value is -2.75. The maximum Gasteiger partial charge on any atom is 0.244 e. The average molecular weight is 323 g/mol. The molecule has 0 bridgehead atoms. The zero-order valence-electron chi connectivity index (χ0n) is 13.9. The molecule has 0 saturated carbocycles. The normalized spacial score (nSPS) is 16.2. The molecule has 1 aliphatic heterocycles. The van der Waals surface area contributed by atoms with Gasteiger partial charge >= 0.3 is 0 Å². The minimum Gasteiger partial charge on any atom is -0.486 e. The van der Waals surface area contributed by atoms with Gasteiger partial charge in [-0.25, -0.2) is 0 Å². The van der Waals surface area contributed by atoms with Crippen LogP contribution in [0.4, 0.5) is 0 Å². The van der Waals surface area contributed by atoms with E-state index in [-0.39, 0.29) is 12.0 Å². The van der Waals surface area contributed by atoms with Gasteiger partial charge in [-0.2, -0.15) is 0 Å². The molecule has 3 rings (SSSR count). The monoisotopic (exact) mass is 323 g/mol. The van der Waals surface area contributed by atoms with Crippen molar-refractivity contribution in [2.24, 2.45) is 0 Å². The van der Waals surface area contributed by atoms with Crippen molar-refractivity contribution in [2.75, 3.05) is 13.2 Å². The van der Waals surface area contributed by atoms with Crippen molar-refractivity contribution in [3.05, 3.63) is 65.2 Å². The van der Waals surface area contributed by atoms with Crippen LogP contribution in [0.5, 0.6) is 11.5 Å². The first-order chi connectivity index (χ1) is 11.6. The van der Waals surface area contributed by atoms with Crippen LogP contribution in [0.15, 0.2) is 48.5 Å². The number of rotatable bonds is 4. The Morgan fingerprint density at radius 3 is 2.79 bits per heavy atom. The highest BCUT2D eigenvalue weighted by Gasteiger charge is 2.20. The highest BCUT2D eigenvalue weighted by molar-refractivity contribution is 5.91. The van der Waals surface area contributed by atoms with E-state index in [9.17, 15) is 4.79 Å². The summed E-state index contributed by atoms with van der Waals surface area (Å²) in [4.78, 5) is 12.0. The minimum absolute atomic E-state index is 0.141. The molecule has 24 heavy (non-hydrogen) atoms. The zero-order chi connectivity index (χ0) is 16.9. The van der Waals surface area contributed by atoms with E-state index in [2.05, 4.69) is 18.3 Å². The van der Waals surface area contributed by atoms with Crippen LogP contribution >= 0.6 is 0 Å². The zero-order valence-corrected chi connectivity index (χ0v) is 13.9. The van der Waals surface area contributed by atoms with Gasteiger partial charge < -0.3 is 14.8 Å². The number of carbonyl (C=O) groups excluding carboxylic acids is 1. The van der Waals surface area contributed by atoms with Gasteiger partial charge in [0.2, 0.25) is 5.91 Å². The molecule has 1 aliphatic rings. The SMILES string of the molecule is Cc1ccc(/C=C/C(=O)NC[C@H]2COc3ccccc3O2)c(C)c1. The Balaban J connectivity index is 1.52. The summed E-state index contributed by atoms with van der Waals surface area (Å²) in [5.74, 6) is 1.32. The number of para-hydroxylation sites is 2. The Morgan fingerprint density at radius 1 is 1.21 bits per heavy atom. The molecule has 0 aliphatic carbocycles. The van der Waals surface area contributed by atoms with Crippen molar-refractivity contribution in [1.29, 1.82) is 0 Å². The quantitative estimate of drug-likeness (QED) is 0.879. The Morgan fingerprint density at radius 2 is 2.00 bits per heavy atom. The fraction of sp³-hybridized carbons (Fsp3) is 0.250. The van der Waals surface area contributed by atoms with E-state index in [4.69, 9.17) is 9.47 Å². The summed E-state index contributed by atoms with van der Waals surface area (Å²) in [6.45, 7) is 4.93. The second-order valence-electron chi connectivity index (χ2n) is 5.94. The highest BCUT2D eigenvalue weighted by atomic mass is 16.6. The van der Waals surface area contributed by atoms with E-state index in [1.165, 1.54) is 5.56 Å². The number of hydrogen-bond donors (Lipinski definition) is 1. The fourth-order valence-electron chi connectivity index (χ4n) is 2.62. The lowest BCUT2D eigenvalue weighted by Gasteiger charge is -2.26. The molecule has 1 N–H and O–H groups in total. The van der Waals surface area contributed by atoms with Crippen molar-refractivity contribution in [2.45, 2.75) is 20.0 Å². The second-order valence-corrected chi connectivity index (χ2v) is 5.94. The summed E-state index contributed by atoms with van der Waals surface area (Å²) in [5.41, 5.74) is 3.41. The van der Waals surface area contributed by atoms with E-state index in [0.717, 1.165) is 16.9 Å². The van der Waals surface area contributed by atoms with Gasteiger partial charge in [0, 0.05) is 6.08 Å². The smallest absolute Gasteiger partial charge is 0.244 e. The first-order valence-corrected chi connectivity index (χ1v) is 8.03. The third kappa shape index (κ3) is 3.96. The summed E-state index contributed by atoms with van der Waals surface area (Å²) in [6.07, 6.45) is 3.20. The molecule has 0 radical (unpaired) electrons. The van der Waals surface area contributed by atoms with Crippen LogP contribution in [-0.4, -0.2) is 25.2 Å². The molecule has 1 atom stereocenters. The Bertz CT molecular complexity index is 767. The molecule has 0 saturated heterocycles. The maximum atomic E-state index is 12.0. The van der Waals surface area contributed by atoms with E-state index in [1.807, 2.05) is 49.4 Å². The third-order valence-corrected chi connectivity index (χ3v) is 3.91. The maximum absolute atomic E-state index is 12.0. The predicted molar refractivity (Wildman–Crippen MR) is 94.3 cm³/mol. The first kappa shape index (κ1) is 16.1. The number of amides is 1. The van der Waals surface area contributed by atoms with Crippen LogP contribution in [0.25, 0.3) is 6.08 Å². The molecule has 124 valence electrons. The van der Waals surface area contributed by atoms with Gasteiger partial charge in [-0.1, -0.05) is 35.9 Å². The number of aryl methyl sites for hydroxylation is 2. The van der Waals surface area contributed by atoms with Gasteiger partial charge in [-0.3, -0.25) is 4.79 Å². The van der Waals surface area contributed by atoms with Crippen LogP contribution < -0.4 is 14.8 Å². The molecule has 0 unspecified atom stereocenters. The number of carbonyl (C=O) groups is 1. The van der Waals surface area contributed by atoms with E-state index in [1.54, 1.807) is 6.08 Å². The van der Waals surface area contributed by atoms with Crippen LogP contribution in [-0.2, 0) is 4.79 Å². The molecule has 2 aromatic carbocycles. The van der Waals surface area contributed by atoms with Gasteiger partial charge in [0.05, 0.1) is 6.54 Å². The first-order valence-electron chi connectivity index (χ1n) is 8.03. The Kier molecular flexibility index (Phi) is 4.85. The molecule has 1 amide bonds. The molecule has 4 heteroatoms. The standard InChI is InChI=1S/C20H21NO3/c1-14-7-8-16(15(2)11-14)9-10-20(22)21-12-17-13-23-18-5-3-4-6-19(18)24-17/h3-11,17H,12-13H2,1-2H3,(H,21,22)/b10-9+/t17-/m0/s1. The molecule has 4 nitrogen and oxygen atoms in total. The number of fused-ring (bicyclic) bond motifs is 1. The summed E-state index contributed by atoms with van der Waals surface area (Å²) < 4.78 is 11.4. The lowest BCUT2D eigenvalue weighted by atomic mass is 10.1. The lowest BCUT2D eigenvalue weighted by Crippen LogP contribution is -2.40. The average Bonchev–Trinajstić information content (AvgIpc) is 2.59. The topological polar surface area (TPSA) is 47.6 Å². The molecular formula is C20H21NO3. The van der Waals surface area contributed by atoms with Crippen molar-refractivity contribution >= 4 is 12.0 Å². The number of nitrogens with one attached hydrogen (secondary N) is 1. The Labute approximate surface area is 142 Å². The van der Waals surface area contributed by atoms with Gasteiger partial charge in [0.1, 0.15) is 12.7 Å². The molecule has 0 aromatic heterocycles. The lowest BCUT2D eigenvalue weighted by molar-refractivity contribution is -0.116. The van der Waals surface area contributed by atoms with Crippen LogP contribution in [0.2, 0.25) is 0 Å². The van der Waals surface area contributed by atoms with Crippen LogP contribution in [0.3, 0.4) is 0 Å². The summed E-state index contributed by atoms with van der Waals surface area (Å²) in [5, 5.41) is 2.85. The number of hydrogen-bond acceptors (Lipinski definition) is 3. The van der Waals surface area contributed by atoms with Crippen molar-refractivity contribution in [3.63, 3.8) is 0 Å². The predicted octanol–water partition coefficient (Wildman–Crippen LogP) is 3.27. The van der Waals surface area contributed by atoms with Gasteiger partial charge in [-0.05, 0) is 43.2 Å². The minimum atomic E-state index is -0.182. The van der Waals surface area contributed by atoms with E-state index < -0.39 is 0 Å². The van der Waals surface area contributed by atoms with Gasteiger partial charge in [0.15, 0.2) is 11.5 Å². The summed E-state index contributed by atoms with van der Waals surface area (Å²) >= 11 is 0. The summed E-state index contributed by atoms with van der Waals surface area (Å²) in [6, 6.07) is 13.7. The molecule has 0 fully saturated rings. The van der Waals surface area contributed by atoms with E-state index >= 15 is 0 Å². The van der Waals surface area contributed by atoms with Gasteiger partial charge in [0.25, 0.3) is 0 Å². The number of ether oxygens (including phenoxy) is 2.